The van der Waals surface area contributed by atoms with Crippen LogP contribution < -0.4 is 9.46 Å². The summed E-state index contributed by atoms with van der Waals surface area (Å²) in [7, 11) is -3.78. The fraction of sp³-hybridized carbons (Fsp3) is 0. The van der Waals surface area contributed by atoms with Crippen molar-refractivity contribution < 1.29 is 17.9 Å². The first kappa shape index (κ1) is 18.4. The predicted molar refractivity (Wildman–Crippen MR) is 105 cm³/mol. The molecule has 0 aliphatic carbocycles. The molecule has 0 spiro atoms. The lowest BCUT2D eigenvalue weighted by Crippen LogP contribution is -2.14. The molecular weight excluding hydrogens is 362 g/mol. The second-order valence-electron chi connectivity index (χ2n) is 5.63. The van der Waals surface area contributed by atoms with Crippen molar-refractivity contribution in [3.63, 3.8) is 0 Å². The van der Waals surface area contributed by atoms with Crippen molar-refractivity contribution in [2.24, 2.45) is 0 Å². The minimum absolute atomic E-state index is 0.131. The number of anilines is 1. The lowest BCUT2D eigenvalue weighted by Gasteiger charge is -2.13. The average Bonchev–Trinajstić information content (AvgIpc) is 2.69. The van der Waals surface area contributed by atoms with E-state index >= 15 is 0 Å². The van der Waals surface area contributed by atoms with E-state index in [1.165, 1.54) is 24.3 Å². The van der Waals surface area contributed by atoms with E-state index in [4.69, 9.17) is 4.74 Å². The maximum atomic E-state index is 12.6. The van der Waals surface area contributed by atoms with Gasteiger partial charge in [-0.15, -0.1) is 0 Å². The van der Waals surface area contributed by atoms with Crippen molar-refractivity contribution in [3.8, 4) is 5.75 Å². The van der Waals surface area contributed by atoms with E-state index in [9.17, 15) is 13.2 Å². The van der Waals surface area contributed by atoms with Gasteiger partial charge < -0.3 is 4.74 Å². The van der Waals surface area contributed by atoms with Crippen molar-refractivity contribution in [2.45, 2.75) is 4.90 Å². The second-order valence-corrected chi connectivity index (χ2v) is 7.31. The summed E-state index contributed by atoms with van der Waals surface area (Å²) in [6, 6.07) is 21.2. The quantitative estimate of drug-likeness (QED) is 0.510. The summed E-state index contributed by atoms with van der Waals surface area (Å²) in [5.41, 5.74) is 1.23. The van der Waals surface area contributed by atoms with Crippen LogP contribution in [-0.4, -0.2) is 14.4 Å². The van der Waals surface area contributed by atoms with Gasteiger partial charge in [-0.25, -0.2) is 13.2 Å². The smallest absolute Gasteiger partial charge is 0.343 e. The van der Waals surface area contributed by atoms with Crippen LogP contribution in [0.1, 0.15) is 15.9 Å². The molecule has 0 aromatic heterocycles. The Morgan fingerprint density at radius 1 is 0.926 bits per heavy atom. The molecule has 0 unspecified atom stereocenters. The number of hydrogen-bond acceptors (Lipinski definition) is 4. The van der Waals surface area contributed by atoms with Gasteiger partial charge in [0.25, 0.3) is 10.0 Å². The molecule has 6 heteroatoms. The highest BCUT2D eigenvalue weighted by Gasteiger charge is 2.16. The number of benzene rings is 3. The highest BCUT2D eigenvalue weighted by atomic mass is 32.2. The van der Waals surface area contributed by atoms with Gasteiger partial charge >= 0.3 is 5.97 Å². The van der Waals surface area contributed by atoms with E-state index in [1.807, 2.05) is 0 Å². The minimum atomic E-state index is -3.78. The highest BCUT2D eigenvalue weighted by molar-refractivity contribution is 7.92. The molecule has 0 atom stereocenters. The molecule has 0 saturated carbocycles. The molecular formula is C21H17NO4S. The first-order valence-electron chi connectivity index (χ1n) is 8.11. The molecule has 0 bridgehead atoms. The topological polar surface area (TPSA) is 72.5 Å². The number of ether oxygens (including phenoxy) is 1. The summed E-state index contributed by atoms with van der Waals surface area (Å²) in [6.07, 6.45) is 1.52. The van der Waals surface area contributed by atoms with Crippen molar-refractivity contribution in [1.29, 1.82) is 0 Å². The maximum Gasteiger partial charge on any atom is 0.343 e. The van der Waals surface area contributed by atoms with E-state index in [2.05, 4.69) is 11.3 Å². The number of esters is 1. The fourth-order valence-electron chi connectivity index (χ4n) is 2.41. The molecule has 0 fully saturated rings. The summed E-state index contributed by atoms with van der Waals surface area (Å²) >= 11 is 0. The van der Waals surface area contributed by atoms with Gasteiger partial charge in [0.2, 0.25) is 0 Å². The Morgan fingerprint density at radius 3 is 2.19 bits per heavy atom. The van der Waals surface area contributed by atoms with Gasteiger partial charge in [-0.05, 0) is 42.0 Å². The predicted octanol–water partition coefficient (Wildman–Crippen LogP) is 4.35. The number of sulfonamides is 1. The number of carbonyl (C=O) groups is 1. The SMILES string of the molecule is C=Cc1ccc(OC(=O)c2ccccc2)cc1NS(=O)(=O)c1ccccc1. The Balaban J connectivity index is 1.88. The lowest BCUT2D eigenvalue weighted by molar-refractivity contribution is 0.0735. The van der Waals surface area contributed by atoms with E-state index in [1.54, 1.807) is 60.7 Å². The average molecular weight is 379 g/mol. The molecule has 5 nitrogen and oxygen atoms in total. The van der Waals surface area contributed by atoms with Crippen LogP contribution in [0.15, 0.2) is 90.3 Å². The summed E-state index contributed by atoms with van der Waals surface area (Å²) < 4.78 is 33.0. The van der Waals surface area contributed by atoms with Crippen molar-refractivity contribution in [2.75, 3.05) is 4.72 Å². The van der Waals surface area contributed by atoms with Gasteiger partial charge in [0.15, 0.2) is 0 Å². The minimum Gasteiger partial charge on any atom is -0.423 e. The summed E-state index contributed by atoms with van der Waals surface area (Å²) in [4.78, 5) is 12.3. The van der Waals surface area contributed by atoms with Gasteiger partial charge in [-0.1, -0.05) is 49.1 Å². The Bertz CT molecular complexity index is 1060. The number of rotatable bonds is 6. The molecule has 3 aromatic carbocycles. The molecule has 136 valence electrons. The first-order valence-corrected chi connectivity index (χ1v) is 9.59. The van der Waals surface area contributed by atoms with E-state index in [0.717, 1.165) is 0 Å². The van der Waals surface area contributed by atoms with Gasteiger partial charge in [0.1, 0.15) is 5.75 Å². The van der Waals surface area contributed by atoms with Crippen molar-refractivity contribution in [3.05, 3.63) is 96.6 Å². The Morgan fingerprint density at radius 2 is 1.56 bits per heavy atom. The van der Waals surface area contributed by atoms with Crippen LogP contribution in [0, 0.1) is 0 Å². The summed E-state index contributed by atoms with van der Waals surface area (Å²) in [5.74, 6) is -0.306. The molecule has 3 aromatic rings. The zero-order chi connectivity index (χ0) is 19.3. The lowest BCUT2D eigenvalue weighted by atomic mass is 10.1. The molecule has 0 heterocycles. The Labute approximate surface area is 158 Å². The summed E-state index contributed by atoms with van der Waals surface area (Å²) in [5, 5.41) is 0. The molecule has 0 saturated heterocycles. The van der Waals surface area contributed by atoms with Crippen LogP contribution >= 0.6 is 0 Å². The standard InChI is InChI=1S/C21H17NO4S/c1-2-16-13-14-18(26-21(23)17-9-5-3-6-10-17)15-20(16)22-27(24,25)19-11-7-4-8-12-19/h2-15,22H,1H2. The van der Waals surface area contributed by atoms with E-state index in [0.29, 0.717) is 11.1 Å². The monoisotopic (exact) mass is 379 g/mol. The number of hydrogen-bond donors (Lipinski definition) is 1. The van der Waals surface area contributed by atoms with Crippen LogP contribution in [0.2, 0.25) is 0 Å². The molecule has 0 aliphatic rings. The zero-order valence-electron chi connectivity index (χ0n) is 14.3. The van der Waals surface area contributed by atoms with Gasteiger partial charge in [0, 0.05) is 6.07 Å². The molecule has 27 heavy (non-hydrogen) atoms. The van der Waals surface area contributed by atoms with Crippen LogP contribution in [-0.2, 0) is 10.0 Å². The number of carbonyl (C=O) groups excluding carboxylic acids is 1. The van der Waals surface area contributed by atoms with Gasteiger partial charge in [-0.3, -0.25) is 4.72 Å². The normalized spacial score (nSPS) is 10.8. The second kappa shape index (κ2) is 7.88. The number of nitrogens with one attached hydrogen (secondary N) is 1. The molecule has 0 radical (unpaired) electrons. The van der Waals surface area contributed by atoms with Crippen molar-refractivity contribution >= 4 is 27.8 Å². The molecule has 0 aliphatic heterocycles. The van der Waals surface area contributed by atoms with Gasteiger partial charge in [-0.2, -0.15) is 0 Å². The van der Waals surface area contributed by atoms with Crippen molar-refractivity contribution in [1.82, 2.24) is 0 Å². The van der Waals surface area contributed by atoms with E-state index in [-0.39, 0.29) is 16.3 Å². The molecule has 1 N–H and O–H groups in total. The molecule has 0 amide bonds. The van der Waals surface area contributed by atoms with Crippen LogP contribution in [0.4, 0.5) is 5.69 Å². The fourth-order valence-corrected chi connectivity index (χ4v) is 3.51. The Hall–Kier alpha value is -3.38. The van der Waals surface area contributed by atoms with E-state index < -0.39 is 16.0 Å². The Kier molecular flexibility index (Phi) is 5.38. The third-order valence-corrected chi connectivity index (χ3v) is 5.14. The first-order chi connectivity index (χ1) is 13.0. The molecule has 3 rings (SSSR count). The zero-order valence-corrected chi connectivity index (χ0v) is 15.1. The third kappa shape index (κ3) is 4.43. The third-order valence-electron chi connectivity index (χ3n) is 3.76. The van der Waals surface area contributed by atoms with Gasteiger partial charge in [0.05, 0.1) is 16.1 Å². The van der Waals surface area contributed by atoms with Crippen LogP contribution in [0.3, 0.4) is 0 Å². The summed E-state index contributed by atoms with van der Waals surface area (Å²) in [6.45, 7) is 3.69. The highest BCUT2D eigenvalue weighted by Crippen LogP contribution is 2.26. The van der Waals surface area contributed by atoms with Crippen LogP contribution in [0.25, 0.3) is 6.08 Å². The maximum absolute atomic E-state index is 12.6. The van der Waals surface area contributed by atoms with Crippen LogP contribution in [0.5, 0.6) is 5.75 Å². The largest absolute Gasteiger partial charge is 0.423 e.